The molecule has 0 saturated carbocycles. The number of carbonyl (C=O) groups excluding carboxylic acids is 2. The van der Waals surface area contributed by atoms with Crippen LogP contribution in [0.2, 0.25) is 10.0 Å². The largest absolute Gasteiger partial charge is 0.346 e. The van der Waals surface area contributed by atoms with Crippen molar-refractivity contribution in [2.45, 2.75) is 0 Å². The van der Waals surface area contributed by atoms with Crippen molar-refractivity contribution in [2.75, 3.05) is 18.4 Å². The third-order valence-corrected chi connectivity index (χ3v) is 2.57. The third kappa shape index (κ3) is 4.60. The van der Waals surface area contributed by atoms with Gasteiger partial charge in [0.15, 0.2) is 0 Å². The first-order valence-electron chi connectivity index (χ1n) is 4.74. The number of nitrogens with two attached hydrogens (primary N) is 1. The molecule has 92 valence electrons. The van der Waals surface area contributed by atoms with E-state index < -0.39 is 5.91 Å². The maximum atomic E-state index is 11.4. The molecule has 1 rings (SSSR count). The maximum Gasteiger partial charge on any atom is 0.243 e. The lowest BCUT2D eigenvalue weighted by Crippen LogP contribution is -2.36. The Morgan fingerprint density at radius 1 is 1.18 bits per heavy atom. The van der Waals surface area contributed by atoms with Gasteiger partial charge in [-0.25, -0.2) is 0 Å². The molecule has 5 nitrogen and oxygen atoms in total. The van der Waals surface area contributed by atoms with Gasteiger partial charge < -0.3 is 16.4 Å². The molecule has 0 saturated heterocycles. The quantitative estimate of drug-likeness (QED) is 0.767. The Morgan fingerprint density at radius 2 is 1.88 bits per heavy atom. The molecule has 0 spiro atoms. The summed E-state index contributed by atoms with van der Waals surface area (Å²) in [6.45, 7) is -0.295. The number of benzene rings is 1. The number of amides is 2. The van der Waals surface area contributed by atoms with Crippen LogP contribution in [0.5, 0.6) is 0 Å². The molecule has 0 aromatic heterocycles. The van der Waals surface area contributed by atoms with E-state index in [9.17, 15) is 9.59 Å². The lowest BCUT2D eigenvalue weighted by atomic mass is 10.3. The van der Waals surface area contributed by atoms with Gasteiger partial charge in [0, 0.05) is 5.69 Å². The van der Waals surface area contributed by atoms with Crippen LogP contribution in [0.15, 0.2) is 18.2 Å². The zero-order valence-electron chi connectivity index (χ0n) is 8.80. The van der Waals surface area contributed by atoms with E-state index in [1.807, 2.05) is 0 Å². The number of halogens is 2. The summed E-state index contributed by atoms with van der Waals surface area (Å²) in [6.07, 6.45) is 0. The van der Waals surface area contributed by atoms with E-state index >= 15 is 0 Å². The molecule has 17 heavy (non-hydrogen) atoms. The molecule has 2 amide bonds. The molecule has 4 N–H and O–H groups in total. The van der Waals surface area contributed by atoms with Crippen LogP contribution in [0.4, 0.5) is 5.69 Å². The third-order valence-electron chi connectivity index (χ3n) is 1.83. The Labute approximate surface area is 108 Å². The molecule has 1 aromatic rings. The van der Waals surface area contributed by atoms with E-state index in [1.165, 1.54) is 6.07 Å². The van der Waals surface area contributed by atoms with Gasteiger partial charge in [-0.1, -0.05) is 23.2 Å². The second-order valence-corrected chi connectivity index (χ2v) is 3.97. The molecule has 0 fully saturated rings. The van der Waals surface area contributed by atoms with Gasteiger partial charge >= 0.3 is 0 Å². The van der Waals surface area contributed by atoms with Gasteiger partial charge in [0.25, 0.3) is 0 Å². The van der Waals surface area contributed by atoms with Crippen molar-refractivity contribution in [3.8, 4) is 0 Å². The van der Waals surface area contributed by atoms with Crippen molar-refractivity contribution >= 4 is 40.7 Å². The molecule has 0 bridgehead atoms. The summed E-state index contributed by atoms with van der Waals surface area (Å²) in [7, 11) is 0. The summed E-state index contributed by atoms with van der Waals surface area (Å²) >= 11 is 11.5. The first-order valence-corrected chi connectivity index (χ1v) is 5.50. The van der Waals surface area contributed by atoms with Crippen LogP contribution in [0.3, 0.4) is 0 Å². The van der Waals surface area contributed by atoms with Crippen LogP contribution < -0.4 is 16.4 Å². The molecule has 0 unspecified atom stereocenters. The van der Waals surface area contributed by atoms with Gasteiger partial charge in [0.1, 0.15) is 0 Å². The number of nitrogens with one attached hydrogen (secondary N) is 2. The second-order valence-electron chi connectivity index (χ2n) is 3.16. The van der Waals surface area contributed by atoms with E-state index in [1.54, 1.807) is 12.1 Å². The predicted octanol–water partition coefficient (Wildman–Crippen LogP) is 1.01. The minimum atomic E-state index is -0.394. The fraction of sp³-hybridized carbons (Fsp3) is 0.200. The summed E-state index contributed by atoms with van der Waals surface area (Å²) in [5, 5.41) is 5.64. The molecule has 0 aliphatic rings. The molecule has 0 atom stereocenters. The van der Waals surface area contributed by atoms with Crippen LogP contribution in [-0.2, 0) is 9.59 Å². The first kappa shape index (κ1) is 13.8. The van der Waals surface area contributed by atoms with E-state index in [0.717, 1.165) is 0 Å². The zero-order chi connectivity index (χ0) is 12.8. The normalized spacial score (nSPS) is 9.82. The summed E-state index contributed by atoms with van der Waals surface area (Å²) in [4.78, 5) is 22.2. The lowest BCUT2D eigenvalue weighted by molar-refractivity contribution is -0.123. The molecule has 7 heteroatoms. The van der Waals surface area contributed by atoms with Crippen molar-refractivity contribution in [1.82, 2.24) is 5.32 Å². The molecule has 0 radical (unpaired) electrons. The predicted molar refractivity (Wildman–Crippen MR) is 67.2 cm³/mol. The van der Waals surface area contributed by atoms with Gasteiger partial charge in [-0.05, 0) is 18.2 Å². The fourth-order valence-corrected chi connectivity index (χ4v) is 1.33. The fourth-order valence-electron chi connectivity index (χ4n) is 1.03. The highest BCUT2D eigenvalue weighted by molar-refractivity contribution is 6.42. The van der Waals surface area contributed by atoms with E-state index in [4.69, 9.17) is 28.9 Å². The van der Waals surface area contributed by atoms with Crippen LogP contribution in [0.1, 0.15) is 0 Å². The summed E-state index contributed by atoms with van der Waals surface area (Å²) < 4.78 is 0. The van der Waals surface area contributed by atoms with Gasteiger partial charge in [0.05, 0.1) is 23.1 Å². The highest BCUT2D eigenvalue weighted by Gasteiger charge is 2.05. The topological polar surface area (TPSA) is 84.2 Å². The number of anilines is 1. The first-order chi connectivity index (χ1) is 8.02. The zero-order valence-corrected chi connectivity index (χ0v) is 10.3. The number of hydrogen-bond acceptors (Lipinski definition) is 3. The highest BCUT2D eigenvalue weighted by Crippen LogP contribution is 2.24. The standard InChI is InChI=1S/C10H11Cl2N3O2/c11-7-2-1-6(3-8(7)12)15-10(17)5-14-9(16)4-13/h1-3H,4-5,13H2,(H,14,16)(H,15,17). The highest BCUT2D eigenvalue weighted by atomic mass is 35.5. The minimum Gasteiger partial charge on any atom is -0.346 e. The van der Waals surface area contributed by atoms with Gasteiger partial charge in [0.2, 0.25) is 11.8 Å². The summed E-state index contributed by atoms with van der Waals surface area (Å²) in [5.74, 6) is -0.764. The van der Waals surface area contributed by atoms with Crippen molar-refractivity contribution in [3.05, 3.63) is 28.2 Å². The Kier molecular flexibility index (Phi) is 5.21. The van der Waals surface area contributed by atoms with Crippen molar-refractivity contribution < 1.29 is 9.59 Å². The summed E-state index contributed by atoms with van der Waals surface area (Å²) in [5.41, 5.74) is 5.58. The maximum absolute atomic E-state index is 11.4. The lowest BCUT2D eigenvalue weighted by Gasteiger charge is -2.07. The Bertz CT molecular complexity index is 438. The van der Waals surface area contributed by atoms with E-state index in [0.29, 0.717) is 15.7 Å². The van der Waals surface area contributed by atoms with Crippen molar-refractivity contribution in [3.63, 3.8) is 0 Å². The summed E-state index contributed by atoms with van der Waals surface area (Å²) in [6, 6.07) is 4.70. The number of carbonyl (C=O) groups is 2. The van der Waals surface area contributed by atoms with Crippen LogP contribution >= 0.6 is 23.2 Å². The Hall–Kier alpha value is -1.30. The van der Waals surface area contributed by atoms with Gasteiger partial charge in [-0.15, -0.1) is 0 Å². The van der Waals surface area contributed by atoms with Crippen molar-refractivity contribution in [1.29, 1.82) is 0 Å². The smallest absolute Gasteiger partial charge is 0.243 e. The molecule has 0 aliphatic carbocycles. The number of hydrogen-bond donors (Lipinski definition) is 3. The molecule has 0 aliphatic heterocycles. The van der Waals surface area contributed by atoms with Crippen molar-refractivity contribution in [2.24, 2.45) is 5.73 Å². The molecular formula is C10H11Cl2N3O2. The monoisotopic (exact) mass is 275 g/mol. The Morgan fingerprint density at radius 3 is 2.47 bits per heavy atom. The molecular weight excluding hydrogens is 265 g/mol. The molecule has 1 aromatic carbocycles. The average Bonchev–Trinajstić information content (AvgIpc) is 2.31. The average molecular weight is 276 g/mol. The second kappa shape index (κ2) is 6.44. The van der Waals surface area contributed by atoms with E-state index in [-0.39, 0.29) is 19.0 Å². The van der Waals surface area contributed by atoms with Crippen LogP contribution in [0, 0.1) is 0 Å². The van der Waals surface area contributed by atoms with Gasteiger partial charge in [-0.2, -0.15) is 0 Å². The van der Waals surface area contributed by atoms with Gasteiger partial charge in [-0.3, -0.25) is 9.59 Å². The van der Waals surface area contributed by atoms with Crippen LogP contribution in [0.25, 0.3) is 0 Å². The minimum absolute atomic E-state index is 0.143. The Balaban J connectivity index is 2.50. The SMILES string of the molecule is NCC(=O)NCC(=O)Nc1ccc(Cl)c(Cl)c1. The molecule has 0 heterocycles. The number of rotatable bonds is 4. The van der Waals surface area contributed by atoms with Crippen LogP contribution in [-0.4, -0.2) is 24.9 Å². The van der Waals surface area contributed by atoms with E-state index in [2.05, 4.69) is 10.6 Å².